The molecule has 1 aliphatic heterocycles. The van der Waals surface area contributed by atoms with E-state index in [1.54, 1.807) is 0 Å². The highest BCUT2D eigenvalue weighted by Gasteiger charge is 2.59. The van der Waals surface area contributed by atoms with Crippen LogP contribution in [-0.4, -0.2) is 36.3 Å². The first-order valence-electron chi connectivity index (χ1n) is 4.94. The average Bonchev–Trinajstić information content (AvgIpc) is 2.60. The molecule has 0 spiro atoms. The van der Waals surface area contributed by atoms with Crippen LogP contribution in [0, 0.1) is 0 Å². The van der Waals surface area contributed by atoms with Gasteiger partial charge in [0.05, 0.1) is 13.2 Å². The standard InChI is InChI=1S/C9H13F3O4/c10-9(11,12)8(15-5-6-16-8)4-2-1-3-7(13)14/h1-6H2,(H,13,14). The van der Waals surface area contributed by atoms with Crippen molar-refractivity contribution in [1.82, 2.24) is 0 Å². The van der Waals surface area contributed by atoms with E-state index < -0.39 is 17.9 Å². The summed E-state index contributed by atoms with van der Waals surface area (Å²) < 4.78 is 47.1. The van der Waals surface area contributed by atoms with Crippen LogP contribution in [0.5, 0.6) is 0 Å². The van der Waals surface area contributed by atoms with E-state index in [1.807, 2.05) is 0 Å². The Balaban J connectivity index is 2.43. The van der Waals surface area contributed by atoms with Crippen molar-refractivity contribution in [3.05, 3.63) is 0 Å². The van der Waals surface area contributed by atoms with Gasteiger partial charge in [0, 0.05) is 12.8 Å². The molecule has 1 heterocycles. The number of ether oxygens (including phenoxy) is 2. The van der Waals surface area contributed by atoms with Gasteiger partial charge in [0.15, 0.2) is 0 Å². The number of unbranched alkanes of at least 4 members (excludes halogenated alkanes) is 1. The van der Waals surface area contributed by atoms with Gasteiger partial charge in [-0.2, -0.15) is 13.2 Å². The van der Waals surface area contributed by atoms with Gasteiger partial charge in [0.25, 0.3) is 5.79 Å². The lowest BCUT2D eigenvalue weighted by molar-refractivity contribution is -0.346. The monoisotopic (exact) mass is 242 g/mol. The van der Waals surface area contributed by atoms with Gasteiger partial charge >= 0.3 is 12.1 Å². The molecule has 94 valence electrons. The predicted molar refractivity (Wildman–Crippen MR) is 46.8 cm³/mol. The molecule has 0 aromatic rings. The number of carboxylic acid groups (broad SMARTS) is 1. The minimum Gasteiger partial charge on any atom is -0.481 e. The minimum atomic E-state index is -4.58. The van der Waals surface area contributed by atoms with Gasteiger partial charge in [-0.15, -0.1) is 0 Å². The Labute approximate surface area is 90.3 Å². The van der Waals surface area contributed by atoms with E-state index in [0.29, 0.717) is 0 Å². The molecule has 0 unspecified atom stereocenters. The van der Waals surface area contributed by atoms with Crippen molar-refractivity contribution in [3.63, 3.8) is 0 Å². The summed E-state index contributed by atoms with van der Waals surface area (Å²) in [5.74, 6) is -3.54. The van der Waals surface area contributed by atoms with E-state index in [-0.39, 0.29) is 38.9 Å². The van der Waals surface area contributed by atoms with Crippen LogP contribution in [0.3, 0.4) is 0 Å². The second-order valence-electron chi connectivity index (χ2n) is 3.55. The zero-order valence-corrected chi connectivity index (χ0v) is 8.55. The molecule has 1 fully saturated rings. The fraction of sp³-hybridized carbons (Fsp3) is 0.889. The molecule has 0 aromatic heterocycles. The van der Waals surface area contributed by atoms with Crippen molar-refractivity contribution in [2.24, 2.45) is 0 Å². The van der Waals surface area contributed by atoms with Crippen molar-refractivity contribution in [2.75, 3.05) is 13.2 Å². The van der Waals surface area contributed by atoms with Gasteiger partial charge in [-0.1, -0.05) is 0 Å². The Morgan fingerprint density at radius 2 is 1.81 bits per heavy atom. The molecule has 0 aromatic carbocycles. The zero-order chi connectivity index (χ0) is 12.2. The molecule has 16 heavy (non-hydrogen) atoms. The van der Waals surface area contributed by atoms with Crippen LogP contribution in [0.1, 0.15) is 25.7 Å². The highest BCUT2D eigenvalue weighted by Crippen LogP contribution is 2.41. The quantitative estimate of drug-likeness (QED) is 0.748. The number of rotatable bonds is 5. The van der Waals surface area contributed by atoms with Crippen molar-refractivity contribution in [1.29, 1.82) is 0 Å². The number of alkyl halides is 3. The van der Waals surface area contributed by atoms with Crippen LogP contribution in [0.4, 0.5) is 13.2 Å². The topological polar surface area (TPSA) is 55.8 Å². The van der Waals surface area contributed by atoms with Crippen LogP contribution in [0.15, 0.2) is 0 Å². The molecule has 4 nitrogen and oxygen atoms in total. The maximum absolute atomic E-state index is 12.6. The number of halogens is 3. The number of aliphatic carboxylic acids is 1. The van der Waals surface area contributed by atoms with Crippen LogP contribution in [0.2, 0.25) is 0 Å². The molecule has 1 aliphatic rings. The van der Waals surface area contributed by atoms with Crippen molar-refractivity contribution < 1.29 is 32.5 Å². The van der Waals surface area contributed by atoms with Crippen LogP contribution < -0.4 is 0 Å². The fourth-order valence-corrected chi connectivity index (χ4v) is 1.54. The Kier molecular flexibility index (Phi) is 4.15. The van der Waals surface area contributed by atoms with E-state index >= 15 is 0 Å². The van der Waals surface area contributed by atoms with Gasteiger partial charge in [0.2, 0.25) is 0 Å². The summed E-state index contributed by atoms with van der Waals surface area (Å²) in [5, 5.41) is 8.34. The molecule has 0 bridgehead atoms. The third-order valence-corrected chi connectivity index (χ3v) is 2.33. The number of carboxylic acids is 1. The smallest absolute Gasteiger partial charge is 0.443 e. The van der Waals surface area contributed by atoms with Crippen molar-refractivity contribution >= 4 is 5.97 Å². The Bertz CT molecular complexity index is 246. The maximum Gasteiger partial charge on any atom is 0.443 e. The molecule has 0 aliphatic carbocycles. The molecule has 1 rings (SSSR count). The van der Waals surface area contributed by atoms with Gasteiger partial charge < -0.3 is 14.6 Å². The lowest BCUT2D eigenvalue weighted by atomic mass is 10.1. The van der Waals surface area contributed by atoms with Gasteiger partial charge in [-0.05, 0) is 12.8 Å². The molecular formula is C9H13F3O4. The first-order valence-corrected chi connectivity index (χ1v) is 4.94. The van der Waals surface area contributed by atoms with Crippen LogP contribution >= 0.6 is 0 Å². The third kappa shape index (κ3) is 3.08. The Hall–Kier alpha value is -0.820. The SMILES string of the molecule is O=C(O)CCCCC1(C(F)(F)F)OCCO1. The van der Waals surface area contributed by atoms with E-state index in [0.717, 1.165) is 0 Å². The first kappa shape index (κ1) is 13.2. The molecule has 0 saturated carbocycles. The lowest BCUT2D eigenvalue weighted by Crippen LogP contribution is -2.46. The van der Waals surface area contributed by atoms with Gasteiger partial charge in [-0.3, -0.25) is 4.79 Å². The second-order valence-corrected chi connectivity index (χ2v) is 3.55. The number of carbonyl (C=O) groups is 1. The third-order valence-electron chi connectivity index (χ3n) is 2.33. The molecule has 1 N–H and O–H groups in total. The van der Waals surface area contributed by atoms with E-state index in [9.17, 15) is 18.0 Å². The van der Waals surface area contributed by atoms with Crippen LogP contribution in [0.25, 0.3) is 0 Å². The zero-order valence-electron chi connectivity index (χ0n) is 8.55. The van der Waals surface area contributed by atoms with Gasteiger partial charge in [0.1, 0.15) is 0 Å². The largest absolute Gasteiger partial charge is 0.481 e. The summed E-state index contributed by atoms with van der Waals surface area (Å²) in [6.07, 6.45) is -4.80. The summed E-state index contributed by atoms with van der Waals surface area (Å²) in [7, 11) is 0. The predicted octanol–water partition coefficient (Wildman–Crippen LogP) is 1.94. The summed E-state index contributed by atoms with van der Waals surface area (Å²) >= 11 is 0. The van der Waals surface area contributed by atoms with E-state index in [2.05, 4.69) is 9.47 Å². The second kappa shape index (κ2) is 5.01. The molecule has 0 atom stereocenters. The summed E-state index contributed by atoms with van der Waals surface area (Å²) in [5.41, 5.74) is 0. The summed E-state index contributed by atoms with van der Waals surface area (Å²) in [4.78, 5) is 10.2. The van der Waals surface area contributed by atoms with Crippen LogP contribution in [-0.2, 0) is 14.3 Å². The first-order chi connectivity index (χ1) is 7.37. The molecule has 0 radical (unpaired) electrons. The minimum absolute atomic E-state index is 0.0849. The Morgan fingerprint density at radius 3 is 2.25 bits per heavy atom. The summed E-state index contributed by atoms with van der Waals surface area (Å²) in [6.45, 7) is -0.170. The molecule has 0 amide bonds. The Morgan fingerprint density at radius 1 is 1.25 bits per heavy atom. The lowest BCUT2D eigenvalue weighted by Gasteiger charge is -2.29. The van der Waals surface area contributed by atoms with E-state index in [4.69, 9.17) is 5.11 Å². The number of hydrogen-bond donors (Lipinski definition) is 1. The highest BCUT2D eigenvalue weighted by molar-refractivity contribution is 5.66. The van der Waals surface area contributed by atoms with E-state index in [1.165, 1.54) is 0 Å². The number of hydrogen-bond acceptors (Lipinski definition) is 3. The molecule has 7 heteroatoms. The average molecular weight is 242 g/mol. The van der Waals surface area contributed by atoms with Crippen molar-refractivity contribution in [2.45, 2.75) is 37.6 Å². The maximum atomic E-state index is 12.6. The fourth-order valence-electron chi connectivity index (χ4n) is 1.54. The van der Waals surface area contributed by atoms with Crippen molar-refractivity contribution in [3.8, 4) is 0 Å². The highest BCUT2D eigenvalue weighted by atomic mass is 19.4. The normalized spacial score (nSPS) is 19.9. The molecular weight excluding hydrogens is 229 g/mol. The summed E-state index contributed by atoms with van der Waals surface area (Å²) in [6, 6.07) is 0. The van der Waals surface area contributed by atoms with Gasteiger partial charge in [-0.25, -0.2) is 0 Å². The molecule has 1 saturated heterocycles.